The Kier molecular flexibility index (Phi) is 7.57. The molecule has 3 rings (SSSR count). The number of hydrogen-bond acceptors (Lipinski definition) is 2. The molecule has 1 aliphatic carbocycles. The van der Waals surface area contributed by atoms with E-state index in [0.29, 0.717) is 6.04 Å². The molecule has 0 amide bonds. The number of hydrogen-bond donors (Lipinski definition) is 1. The van der Waals surface area contributed by atoms with Crippen LogP contribution in [0.25, 0.3) is 14.9 Å². The monoisotopic (exact) mass is 582 g/mol. The minimum absolute atomic E-state index is 0. The maximum absolute atomic E-state index is 4.11. The molecule has 28 heavy (non-hydrogen) atoms. The number of allylic oxidation sites excluding steroid dienone is 1. The minimum atomic E-state index is -3.28. The predicted molar refractivity (Wildman–Crippen MR) is 135 cm³/mol. The molecule has 0 aromatic heterocycles. The summed E-state index contributed by atoms with van der Waals surface area (Å²) in [5, 5.41) is 2.85. The molecule has 1 aromatic rings. The largest absolute Gasteiger partial charge is 0.147 e. The van der Waals surface area contributed by atoms with E-state index in [1.54, 1.807) is 3.28 Å². The number of rotatable bonds is 2. The van der Waals surface area contributed by atoms with Crippen molar-refractivity contribution in [1.82, 2.24) is 3.26 Å². The standard InChI is InChI=1S/C15H15BrN.C4H10N.2CH3.2ClH.H2Si.Zr/c1-8-5-11-7-13-14(15(16)12(11)6-8)9(2)10(3)17(13)4;1-4(2,3)5;;;;;;/h6-7,10H,1-4H3;5H,1-3H3;2*1H3;2*1H;1H2;/q;-1;;;;;;+1. The van der Waals surface area contributed by atoms with Gasteiger partial charge in [-0.2, -0.15) is 0 Å². The molecule has 7 heteroatoms. The fourth-order valence-electron chi connectivity index (χ4n) is 5.19. The topological polar surface area (TPSA) is 15.3 Å². The second-order valence-electron chi connectivity index (χ2n) is 10.3. The van der Waals surface area contributed by atoms with E-state index in [0.717, 1.165) is 0 Å². The van der Waals surface area contributed by atoms with E-state index in [1.165, 1.54) is 37.3 Å². The van der Waals surface area contributed by atoms with Gasteiger partial charge >= 0.3 is 171 Å². The number of nitrogens with one attached hydrogen (secondary N) is 1. The van der Waals surface area contributed by atoms with E-state index in [9.17, 15) is 0 Å². The molecule has 0 fully saturated rings. The zero-order chi connectivity index (χ0) is 19.8. The van der Waals surface area contributed by atoms with E-state index in [4.69, 9.17) is 0 Å². The third-order valence-electron chi connectivity index (χ3n) is 5.87. The smallest absolute Gasteiger partial charge is 0.147 e. The summed E-state index contributed by atoms with van der Waals surface area (Å²) in [6, 6.07) is 2.92. The molecule has 0 saturated carbocycles. The van der Waals surface area contributed by atoms with E-state index >= 15 is 0 Å². The van der Waals surface area contributed by atoms with Gasteiger partial charge in [-0.1, -0.05) is 0 Å². The van der Waals surface area contributed by atoms with Crippen molar-refractivity contribution < 1.29 is 17.7 Å². The Morgan fingerprint density at radius 1 is 1.18 bits per heavy atom. The minimum Gasteiger partial charge on any atom is -0.147 e. The van der Waals surface area contributed by atoms with Gasteiger partial charge in [0.05, 0.1) is 0 Å². The van der Waals surface area contributed by atoms with Gasteiger partial charge in [-0.3, -0.25) is 0 Å². The van der Waals surface area contributed by atoms with Crippen LogP contribution in [0.3, 0.4) is 0 Å². The predicted octanol–water partition coefficient (Wildman–Crippen LogP) is 4.46. The van der Waals surface area contributed by atoms with Crippen LogP contribution in [0.4, 0.5) is 5.69 Å². The van der Waals surface area contributed by atoms with Gasteiger partial charge in [0.15, 0.2) is 0 Å². The Labute approximate surface area is 194 Å². The van der Waals surface area contributed by atoms with Crippen molar-refractivity contribution in [2.45, 2.75) is 62.4 Å². The van der Waals surface area contributed by atoms with Crippen LogP contribution in [0.1, 0.15) is 47.1 Å². The average molecular weight is 586 g/mol. The molecular formula is C21H35BrCl2N2SiZr. The zero-order valence-corrected chi connectivity index (χ0v) is 25.7. The Morgan fingerprint density at radius 2 is 1.71 bits per heavy atom. The van der Waals surface area contributed by atoms with Gasteiger partial charge in [-0.25, -0.2) is 0 Å². The van der Waals surface area contributed by atoms with Crippen LogP contribution < -0.4 is 18.6 Å². The first-order valence-corrected chi connectivity index (χ1v) is 23.6. The van der Waals surface area contributed by atoms with Crippen LogP contribution in [-0.2, 0) is 17.7 Å². The number of nitrogens with zero attached hydrogens (tertiary/aromatic N) is 1. The third kappa shape index (κ3) is 4.32. The van der Waals surface area contributed by atoms with Crippen LogP contribution in [-0.4, -0.2) is 25.5 Å². The molecule has 0 spiro atoms. The van der Waals surface area contributed by atoms with Crippen molar-refractivity contribution in [1.29, 1.82) is 0 Å². The number of halogens is 3. The first-order valence-electron chi connectivity index (χ1n) is 9.49. The van der Waals surface area contributed by atoms with Crippen molar-refractivity contribution in [3.63, 3.8) is 0 Å². The van der Waals surface area contributed by atoms with Crippen molar-refractivity contribution in [3.05, 3.63) is 32.1 Å². The summed E-state index contributed by atoms with van der Waals surface area (Å²) in [5.74, 6) is 0. The van der Waals surface area contributed by atoms with Gasteiger partial charge in [0, 0.05) is 0 Å². The molecular weight excluding hydrogens is 550 g/mol. The first-order chi connectivity index (χ1) is 11.6. The van der Waals surface area contributed by atoms with Crippen molar-refractivity contribution in [2.75, 3.05) is 11.9 Å². The molecule has 1 N–H and O–H groups in total. The summed E-state index contributed by atoms with van der Waals surface area (Å²) >= 11 is 0.700. The first kappa shape index (κ1) is 26.7. The van der Waals surface area contributed by atoms with Crippen LogP contribution in [0.15, 0.2) is 16.1 Å². The van der Waals surface area contributed by atoms with Gasteiger partial charge in [0.25, 0.3) is 0 Å². The van der Waals surface area contributed by atoms with Crippen molar-refractivity contribution in [3.8, 4) is 0 Å². The van der Waals surface area contributed by atoms with E-state index in [1.807, 2.05) is 0 Å². The molecule has 1 heterocycles. The quantitative estimate of drug-likeness (QED) is 0.516. The Hall–Kier alpha value is 0.620. The molecule has 158 valence electrons. The summed E-state index contributed by atoms with van der Waals surface area (Å²) < 4.78 is 12.1. The van der Waals surface area contributed by atoms with E-state index in [2.05, 4.69) is 101 Å². The van der Waals surface area contributed by atoms with E-state index in [-0.39, 0.29) is 30.4 Å². The van der Waals surface area contributed by atoms with Gasteiger partial charge in [0.2, 0.25) is 0 Å². The van der Waals surface area contributed by atoms with Crippen LogP contribution >= 0.6 is 40.7 Å². The Morgan fingerprint density at radius 3 is 2.21 bits per heavy atom. The van der Waals surface area contributed by atoms with Gasteiger partial charge < -0.3 is 0 Å². The summed E-state index contributed by atoms with van der Waals surface area (Å²) in [6.07, 6.45) is 2.41. The van der Waals surface area contributed by atoms with Crippen molar-refractivity contribution >= 4 is 68.2 Å². The third-order valence-corrected chi connectivity index (χ3v) is 19.2. The van der Waals surface area contributed by atoms with E-state index < -0.39 is 17.7 Å². The number of fused-ring (bicyclic) bond motifs is 2. The Balaban J connectivity index is 0.00000196. The summed E-state index contributed by atoms with van der Waals surface area (Å²) in [5.41, 5.74) is 5.77. The molecule has 2 aliphatic rings. The summed E-state index contributed by atoms with van der Waals surface area (Å²) in [7, 11) is 2.22. The molecule has 1 aliphatic heterocycles. The molecule has 0 bridgehead atoms. The summed E-state index contributed by atoms with van der Waals surface area (Å²) in [6.45, 7) is 16.0. The molecule has 1 atom stereocenters. The second kappa shape index (κ2) is 7.95. The molecule has 0 radical (unpaired) electrons. The maximum Gasteiger partial charge on any atom is -0.147 e. The number of anilines is 1. The second-order valence-corrected chi connectivity index (χ2v) is 38.7. The van der Waals surface area contributed by atoms with Crippen molar-refractivity contribution in [2.24, 2.45) is 0 Å². The molecule has 1 unspecified atom stereocenters. The SMILES string of the molecule is CC1=Cc2c(Br)c3c(cc2=[C]1[Zr]([CH3])([CH3])(=[SiH2])[NH]C(C)(C)C)N(C)C(C)C=3C.Cl.Cl. The molecule has 0 saturated heterocycles. The van der Waals surface area contributed by atoms with Gasteiger partial charge in [-0.05, 0) is 0 Å². The van der Waals surface area contributed by atoms with Gasteiger partial charge in [-0.15, -0.1) is 24.8 Å². The normalized spacial score (nSPS) is 19.0. The maximum atomic E-state index is 4.11. The molecule has 2 nitrogen and oxygen atoms in total. The Bertz CT molecular complexity index is 1050. The molecule has 1 aromatic carbocycles. The van der Waals surface area contributed by atoms with Crippen LogP contribution in [0.2, 0.25) is 9.26 Å². The fraction of sp³-hybridized carbons (Fsp3) is 0.524. The summed E-state index contributed by atoms with van der Waals surface area (Å²) in [4.78, 5) is 2.42. The average Bonchev–Trinajstić information content (AvgIpc) is 2.88. The van der Waals surface area contributed by atoms with Crippen LogP contribution in [0, 0.1) is 0 Å². The van der Waals surface area contributed by atoms with Gasteiger partial charge in [0.1, 0.15) is 0 Å². The fourth-order valence-corrected chi connectivity index (χ4v) is 24.1. The van der Waals surface area contributed by atoms with Crippen LogP contribution in [0.5, 0.6) is 0 Å². The number of benzene rings is 1. The zero-order valence-electron chi connectivity index (χ0n) is 18.6.